The molecule has 0 aliphatic heterocycles. The molecule has 1 atom stereocenters. The second kappa shape index (κ2) is 6.31. The van der Waals surface area contributed by atoms with Crippen LogP contribution in [-0.4, -0.2) is 21.7 Å². The number of benzene rings is 1. The lowest BCUT2D eigenvalue weighted by molar-refractivity contribution is -0.121. The van der Waals surface area contributed by atoms with Crippen LogP contribution in [0.2, 0.25) is 0 Å². The number of hydrogen-bond acceptors (Lipinski definition) is 2. The van der Waals surface area contributed by atoms with Gasteiger partial charge in [0.25, 0.3) is 0 Å². The molecule has 4 nitrogen and oxygen atoms in total. The van der Waals surface area contributed by atoms with Crippen LogP contribution in [0.25, 0.3) is 5.69 Å². The van der Waals surface area contributed by atoms with Crippen LogP contribution in [0.3, 0.4) is 0 Å². The quantitative estimate of drug-likeness (QED) is 0.882. The molecule has 1 N–H and O–H groups in total. The van der Waals surface area contributed by atoms with Gasteiger partial charge >= 0.3 is 0 Å². The molecule has 2 aromatic rings. The smallest absolute Gasteiger partial charge is 0.242 e. The summed E-state index contributed by atoms with van der Waals surface area (Å²) in [6.45, 7) is 0. The molecule has 1 saturated carbocycles. The third kappa shape index (κ3) is 3.27. The molecule has 1 fully saturated rings. The summed E-state index contributed by atoms with van der Waals surface area (Å²) in [7, 11) is 0. The van der Waals surface area contributed by atoms with Crippen LogP contribution in [0.15, 0.2) is 42.7 Å². The monoisotopic (exact) mass is 303 g/mol. The minimum absolute atomic E-state index is 0.129. The molecule has 1 unspecified atom stereocenters. The van der Waals surface area contributed by atoms with Crippen molar-refractivity contribution < 1.29 is 4.79 Å². The van der Waals surface area contributed by atoms with Crippen molar-refractivity contribution in [1.82, 2.24) is 15.1 Å². The van der Waals surface area contributed by atoms with Gasteiger partial charge in [0.05, 0.1) is 11.9 Å². The average Bonchev–Trinajstić information content (AvgIpc) is 3.18. The molecule has 110 valence electrons. The molecule has 1 heterocycles. The largest absolute Gasteiger partial charge is 0.352 e. The average molecular weight is 304 g/mol. The van der Waals surface area contributed by atoms with Gasteiger partial charge in [-0.1, -0.05) is 31.0 Å². The van der Waals surface area contributed by atoms with Crippen LogP contribution in [-0.2, 0) is 4.79 Å². The van der Waals surface area contributed by atoms with E-state index in [0.29, 0.717) is 0 Å². The Kier molecular flexibility index (Phi) is 4.25. The molecule has 0 saturated heterocycles. The van der Waals surface area contributed by atoms with E-state index in [-0.39, 0.29) is 11.9 Å². The lowest BCUT2D eigenvalue weighted by Crippen LogP contribution is -2.34. The number of nitrogens with zero attached hydrogens (tertiary/aromatic N) is 2. The molecule has 0 spiro atoms. The topological polar surface area (TPSA) is 46.9 Å². The van der Waals surface area contributed by atoms with E-state index >= 15 is 0 Å². The number of amides is 1. The van der Waals surface area contributed by atoms with Gasteiger partial charge in [-0.3, -0.25) is 4.79 Å². The summed E-state index contributed by atoms with van der Waals surface area (Å²) >= 11 is 6.27. The summed E-state index contributed by atoms with van der Waals surface area (Å²) in [6, 6.07) is 10.0. The third-order valence-electron chi connectivity index (χ3n) is 3.85. The van der Waals surface area contributed by atoms with Crippen LogP contribution in [0.1, 0.15) is 36.6 Å². The van der Waals surface area contributed by atoms with Gasteiger partial charge in [-0.05, 0) is 25.0 Å². The molecule has 1 aromatic carbocycles. The Balaban J connectivity index is 1.69. The van der Waals surface area contributed by atoms with E-state index in [4.69, 9.17) is 11.6 Å². The first-order valence-corrected chi connectivity index (χ1v) is 7.72. The summed E-state index contributed by atoms with van der Waals surface area (Å²) in [5, 5.41) is 6.60. The van der Waals surface area contributed by atoms with Gasteiger partial charge in [-0.15, -0.1) is 11.6 Å². The molecule has 1 aliphatic rings. The Morgan fingerprint density at radius 3 is 2.71 bits per heavy atom. The first kappa shape index (κ1) is 14.1. The summed E-state index contributed by atoms with van der Waals surface area (Å²) in [4.78, 5) is 12.2. The first-order chi connectivity index (χ1) is 10.2. The fourth-order valence-corrected chi connectivity index (χ4v) is 2.86. The number of carbonyl (C=O) groups is 1. The van der Waals surface area contributed by atoms with E-state index in [0.717, 1.165) is 24.1 Å². The maximum absolute atomic E-state index is 12.2. The zero-order chi connectivity index (χ0) is 14.7. The third-order valence-corrected chi connectivity index (χ3v) is 4.30. The van der Waals surface area contributed by atoms with Crippen LogP contribution in [0.4, 0.5) is 0 Å². The number of nitrogens with one attached hydrogen (secondary N) is 1. The second-order valence-corrected chi connectivity index (χ2v) is 5.84. The van der Waals surface area contributed by atoms with Crippen LogP contribution in [0.5, 0.6) is 0 Å². The van der Waals surface area contributed by atoms with Gasteiger partial charge in [0, 0.05) is 17.8 Å². The van der Waals surface area contributed by atoms with Gasteiger partial charge in [-0.2, -0.15) is 5.10 Å². The van der Waals surface area contributed by atoms with Gasteiger partial charge in [-0.25, -0.2) is 4.68 Å². The standard InChI is InChI=1S/C16H18ClN3O/c17-15(16(21)19-13-6-4-5-7-13)12-10-18-20(11-12)14-8-2-1-3-9-14/h1-3,8-11,13,15H,4-7H2,(H,19,21). The van der Waals surface area contributed by atoms with Gasteiger partial charge in [0.1, 0.15) is 5.38 Å². The van der Waals surface area contributed by atoms with Crippen LogP contribution in [0, 0.1) is 0 Å². The number of alkyl halides is 1. The van der Waals surface area contributed by atoms with Crippen molar-refractivity contribution in [2.24, 2.45) is 0 Å². The van der Waals surface area contributed by atoms with Gasteiger partial charge in [0.15, 0.2) is 0 Å². The molecule has 3 rings (SSSR count). The Bertz CT molecular complexity index is 605. The fraction of sp³-hybridized carbons (Fsp3) is 0.375. The number of aromatic nitrogens is 2. The summed E-state index contributed by atoms with van der Waals surface area (Å²) in [5.74, 6) is -0.129. The van der Waals surface area contributed by atoms with E-state index in [2.05, 4.69) is 10.4 Å². The van der Waals surface area contributed by atoms with Crippen LogP contribution >= 0.6 is 11.6 Å². The van der Waals surface area contributed by atoms with Crippen LogP contribution < -0.4 is 5.32 Å². The SMILES string of the molecule is O=C(NC1CCCC1)C(Cl)c1cnn(-c2ccccc2)c1. The summed E-state index contributed by atoms with van der Waals surface area (Å²) in [5.41, 5.74) is 1.67. The molecule has 1 amide bonds. The first-order valence-electron chi connectivity index (χ1n) is 7.28. The number of hydrogen-bond donors (Lipinski definition) is 1. The maximum atomic E-state index is 12.2. The summed E-state index contributed by atoms with van der Waals surface area (Å²) in [6.07, 6.45) is 7.94. The highest BCUT2D eigenvalue weighted by atomic mass is 35.5. The zero-order valence-electron chi connectivity index (χ0n) is 11.7. The van der Waals surface area contributed by atoms with E-state index < -0.39 is 5.38 Å². The number of carbonyl (C=O) groups excluding carboxylic acids is 1. The Morgan fingerprint density at radius 1 is 1.29 bits per heavy atom. The van der Waals surface area contributed by atoms with Crippen molar-refractivity contribution in [2.45, 2.75) is 37.1 Å². The fourth-order valence-electron chi connectivity index (χ4n) is 2.69. The van der Waals surface area contributed by atoms with Gasteiger partial charge in [0.2, 0.25) is 5.91 Å². The van der Waals surface area contributed by atoms with E-state index in [9.17, 15) is 4.79 Å². The molecule has 1 aromatic heterocycles. The van der Waals surface area contributed by atoms with Gasteiger partial charge < -0.3 is 5.32 Å². The van der Waals surface area contributed by atoms with Crippen molar-refractivity contribution >= 4 is 17.5 Å². The van der Waals surface area contributed by atoms with E-state index in [1.165, 1.54) is 12.8 Å². The highest BCUT2D eigenvalue weighted by Gasteiger charge is 2.24. The lowest BCUT2D eigenvalue weighted by Gasteiger charge is -2.14. The zero-order valence-corrected chi connectivity index (χ0v) is 12.5. The molecule has 0 radical (unpaired) electrons. The summed E-state index contributed by atoms with van der Waals surface area (Å²) < 4.78 is 1.73. The molecule has 5 heteroatoms. The Morgan fingerprint density at radius 2 is 2.00 bits per heavy atom. The number of halogens is 1. The van der Waals surface area contributed by atoms with Crippen molar-refractivity contribution in [3.63, 3.8) is 0 Å². The minimum atomic E-state index is -0.692. The number of para-hydroxylation sites is 1. The van der Waals surface area contributed by atoms with Crippen molar-refractivity contribution in [3.05, 3.63) is 48.3 Å². The Hall–Kier alpha value is -1.81. The molecular weight excluding hydrogens is 286 g/mol. The minimum Gasteiger partial charge on any atom is -0.352 e. The predicted molar refractivity (Wildman–Crippen MR) is 82.6 cm³/mol. The molecule has 0 bridgehead atoms. The molecule has 21 heavy (non-hydrogen) atoms. The molecule has 1 aliphatic carbocycles. The highest BCUT2D eigenvalue weighted by molar-refractivity contribution is 6.30. The predicted octanol–water partition coefficient (Wildman–Crippen LogP) is 3.21. The second-order valence-electron chi connectivity index (χ2n) is 5.41. The van der Waals surface area contributed by atoms with Crippen molar-refractivity contribution in [1.29, 1.82) is 0 Å². The highest BCUT2D eigenvalue weighted by Crippen LogP contribution is 2.23. The normalized spacial score (nSPS) is 16.8. The molecular formula is C16H18ClN3O. The van der Waals surface area contributed by atoms with Crippen molar-refractivity contribution in [3.8, 4) is 5.69 Å². The van der Waals surface area contributed by atoms with E-state index in [1.54, 1.807) is 17.1 Å². The lowest BCUT2D eigenvalue weighted by atomic mass is 10.2. The number of rotatable bonds is 4. The Labute approximate surface area is 129 Å². The maximum Gasteiger partial charge on any atom is 0.242 e. The van der Waals surface area contributed by atoms with Crippen molar-refractivity contribution in [2.75, 3.05) is 0 Å². The van der Waals surface area contributed by atoms with E-state index in [1.807, 2.05) is 30.3 Å².